The van der Waals surface area contributed by atoms with Gasteiger partial charge in [-0.15, -0.1) is 0 Å². The standard InChI is InChI=1S/C43H66O15/c1-20-36(54-34-17-29(45)38(39(48)56-34)55-35-18-30-37(21(2)52-35)58-40(3,4)57-30)28(44)16-33(51-20)53-24-9-11-41(5)23(14-24)7-8-26-27(41)15-31(46)42(6)25(10-12-43(26,42)49)22-13-32(47)50-19-22/h13,20-21,23-31,33-39,44-46,48-49H,7-12,14-19H2,1-6H3/t20-,21-,23-,24+,25-,26-,27+,28+,29+,30+,31-,33+,34-,35+,36-,37-,38+,39+,41+,42+,43+/m1/s1. The highest BCUT2D eigenvalue weighted by atomic mass is 16.8. The largest absolute Gasteiger partial charge is 0.458 e. The molecule has 58 heavy (non-hydrogen) atoms. The lowest BCUT2D eigenvalue weighted by atomic mass is 9.42. The number of hydrogen-bond donors (Lipinski definition) is 5. The van der Waals surface area contributed by atoms with E-state index in [0.717, 1.165) is 44.1 Å². The number of ether oxygens (including phenoxy) is 9. The molecule has 0 amide bonds. The van der Waals surface area contributed by atoms with Crippen molar-refractivity contribution in [3.8, 4) is 0 Å². The number of aliphatic hydroxyl groups is 5. The van der Waals surface area contributed by atoms with E-state index in [0.29, 0.717) is 25.2 Å². The van der Waals surface area contributed by atoms with E-state index < -0.39 is 78.6 Å². The molecule has 9 rings (SSSR count). The van der Waals surface area contributed by atoms with Crippen molar-refractivity contribution in [1.82, 2.24) is 0 Å². The Hall–Kier alpha value is -1.31. The van der Waals surface area contributed by atoms with Gasteiger partial charge in [-0.2, -0.15) is 0 Å². The molecule has 5 N–H and O–H groups in total. The molecule has 15 nitrogen and oxygen atoms in total. The highest BCUT2D eigenvalue weighted by Crippen LogP contribution is 2.70. The van der Waals surface area contributed by atoms with Gasteiger partial charge in [-0.1, -0.05) is 13.8 Å². The molecule has 5 aliphatic heterocycles. The van der Waals surface area contributed by atoms with Gasteiger partial charge in [-0.25, -0.2) is 4.79 Å². The summed E-state index contributed by atoms with van der Waals surface area (Å²) in [5.41, 5.74) is -0.917. The molecule has 0 aromatic heterocycles. The van der Waals surface area contributed by atoms with Crippen LogP contribution in [0, 0.1) is 34.5 Å². The molecule has 4 saturated carbocycles. The third-order valence-corrected chi connectivity index (χ3v) is 16.5. The molecular formula is C43H66O15. The van der Waals surface area contributed by atoms with E-state index in [1.807, 2.05) is 34.6 Å². The Morgan fingerprint density at radius 1 is 0.724 bits per heavy atom. The molecule has 0 aromatic carbocycles. The minimum atomic E-state index is -1.50. The van der Waals surface area contributed by atoms with Crippen molar-refractivity contribution >= 4 is 5.97 Å². The third-order valence-electron chi connectivity index (χ3n) is 16.5. The lowest BCUT2D eigenvalue weighted by Gasteiger charge is -2.65. The molecule has 9 aliphatic rings. The van der Waals surface area contributed by atoms with Crippen LogP contribution in [0.1, 0.15) is 112 Å². The van der Waals surface area contributed by atoms with Crippen molar-refractivity contribution in [2.75, 3.05) is 6.61 Å². The summed E-state index contributed by atoms with van der Waals surface area (Å²) in [6.45, 7) is 12.0. The molecule has 328 valence electrons. The molecule has 5 heterocycles. The first kappa shape index (κ1) is 42.0. The van der Waals surface area contributed by atoms with Crippen LogP contribution in [-0.2, 0) is 47.4 Å². The summed E-state index contributed by atoms with van der Waals surface area (Å²) in [5.74, 6) is -0.566. The van der Waals surface area contributed by atoms with E-state index in [9.17, 15) is 30.3 Å². The topological polar surface area (TPSA) is 201 Å². The zero-order chi connectivity index (χ0) is 41.1. The third kappa shape index (κ3) is 7.04. The Kier molecular flexibility index (Phi) is 11.0. The molecule has 15 heteroatoms. The molecule has 0 aromatic rings. The number of aliphatic hydroxyl groups excluding tert-OH is 4. The zero-order valence-electron chi connectivity index (χ0n) is 34.8. The van der Waals surface area contributed by atoms with Gasteiger partial charge in [0.25, 0.3) is 0 Å². The van der Waals surface area contributed by atoms with Crippen molar-refractivity contribution < 1.29 is 73.0 Å². The van der Waals surface area contributed by atoms with Crippen molar-refractivity contribution in [3.05, 3.63) is 11.6 Å². The van der Waals surface area contributed by atoms with E-state index in [4.69, 9.17) is 42.6 Å². The SMILES string of the molecule is C[C@H]1O[C@@H](O[C@H]2[C@@H](O)C[C@H](O[C@H]3[C@@H](O)C[C@H](O[C@H]4CC[C@@]5(C)[C@H](CC[C@@H]6[C@@H]5C[C@@H](O)[C@]5(C)[C@@H](C7=CC(=O)OC7)CC[C@]65O)C4)O[C@@H]3C)O[C@@H]2O)C[C@@H]2OC(C)(C)O[C@@H]21. The predicted octanol–water partition coefficient (Wildman–Crippen LogP) is 2.95. The van der Waals surface area contributed by atoms with Gasteiger partial charge in [0.05, 0.1) is 48.3 Å². The lowest BCUT2D eigenvalue weighted by molar-refractivity contribution is -0.364. The van der Waals surface area contributed by atoms with Crippen LogP contribution in [0.4, 0.5) is 0 Å². The first-order valence-electron chi connectivity index (χ1n) is 22.0. The van der Waals surface area contributed by atoms with Crippen LogP contribution in [0.3, 0.4) is 0 Å². The number of carbonyl (C=O) groups excluding carboxylic acids is 1. The van der Waals surface area contributed by atoms with E-state index in [-0.39, 0.29) is 73.0 Å². The summed E-state index contributed by atoms with van der Waals surface area (Å²) in [5, 5.41) is 57.7. The van der Waals surface area contributed by atoms with Crippen molar-refractivity contribution in [3.63, 3.8) is 0 Å². The molecule has 4 aliphatic carbocycles. The molecule has 0 radical (unpaired) electrons. The lowest BCUT2D eigenvalue weighted by Crippen LogP contribution is -2.67. The van der Waals surface area contributed by atoms with E-state index >= 15 is 0 Å². The van der Waals surface area contributed by atoms with Gasteiger partial charge in [0.1, 0.15) is 24.9 Å². The van der Waals surface area contributed by atoms with Crippen LogP contribution in [-0.4, -0.2) is 136 Å². The van der Waals surface area contributed by atoms with Crippen molar-refractivity contribution in [1.29, 1.82) is 0 Å². The van der Waals surface area contributed by atoms with Crippen LogP contribution in [0.5, 0.6) is 0 Å². The zero-order valence-corrected chi connectivity index (χ0v) is 34.8. The fraction of sp³-hybridized carbons (Fsp3) is 0.930. The average molecular weight is 823 g/mol. The molecular weight excluding hydrogens is 756 g/mol. The predicted molar refractivity (Wildman–Crippen MR) is 201 cm³/mol. The van der Waals surface area contributed by atoms with Crippen LogP contribution < -0.4 is 0 Å². The minimum Gasteiger partial charge on any atom is -0.458 e. The van der Waals surface area contributed by atoms with Crippen molar-refractivity contribution in [2.24, 2.45) is 34.5 Å². The molecule has 0 spiro atoms. The highest BCUT2D eigenvalue weighted by molar-refractivity contribution is 5.85. The summed E-state index contributed by atoms with van der Waals surface area (Å²) in [6.07, 6.45) is -1.43. The van der Waals surface area contributed by atoms with Crippen LogP contribution in [0.2, 0.25) is 0 Å². The van der Waals surface area contributed by atoms with Crippen LogP contribution in [0.25, 0.3) is 0 Å². The number of rotatable bonds is 7. The van der Waals surface area contributed by atoms with E-state index in [1.54, 1.807) is 6.08 Å². The monoisotopic (exact) mass is 822 g/mol. The molecule has 21 atom stereocenters. The minimum absolute atomic E-state index is 0.00491. The average Bonchev–Trinajstić information content (AvgIpc) is 3.80. The first-order valence-corrected chi connectivity index (χ1v) is 22.0. The number of carbonyl (C=O) groups is 1. The van der Waals surface area contributed by atoms with E-state index in [1.165, 1.54) is 0 Å². The smallest absolute Gasteiger partial charge is 0.331 e. The maximum absolute atomic E-state index is 12.6. The molecule has 0 unspecified atom stereocenters. The Bertz CT molecular complexity index is 1550. The van der Waals surface area contributed by atoms with Gasteiger partial charge in [0.2, 0.25) is 0 Å². The Morgan fingerprint density at radius 3 is 2.12 bits per heavy atom. The van der Waals surface area contributed by atoms with Gasteiger partial charge in [0.15, 0.2) is 30.9 Å². The Labute approximate surface area is 340 Å². The van der Waals surface area contributed by atoms with Gasteiger partial charge in [-0.3, -0.25) is 0 Å². The second-order valence-corrected chi connectivity index (χ2v) is 20.1. The summed E-state index contributed by atoms with van der Waals surface area (Å²) in [6, 6.07) is 0. The number of hydrogen-bond acceptors (Lipinski definition) is 15. The van der Waals surface area contributed by atoms with Gasteiger partial charge in [-0.05, 0) is 114 Å². The fourth-order valence-corrected chi connectivity index (χ4v) is 13.5. The number of esters is 1. The summed E-state index contributed by atoms with van der Waals surface area (Å²) >= 11 is 0. The Balaban J connectivity index is 0.765. The highest BCUT2D eigenvalue weighted by Gasteiger charge is 2.71. The fourth-order valence-electron chi connectivity index (χ4n) is 13.5. The maximum atomic E-state index is 12.6. The normalized spacial score (nSPS) is 55.2. The van der Waals surface area contributed by atoms with Gasteiger partial charge < -0.3 is 68.2 Å². The van der Waals surface area contributed by atoms with Gasteiger partial charge in [0, 0.05) is 30.8 Å². The molecule has 8 fully saturated rings. The number of cyclic esters (lactones) is 1. The maximum Gasteiger partial charge on any atom is 0.331 e. The van der Waals surface area contributed by atoms with Crippen LogP contribution >= 0.6 is 0 Å². The first-order chi connectivity index (χ1) is 27.4. The van der Waals surface area contributed by atoms with Crippen LogP contribution in [0.15, 0.2) is 11.6 Å². The summed E-state index contributed by atoms with van der Waals surface area (Å²) in [4.78, 5) is 12.0. The second-order valence-electron chi connectivity index (χ2n) is 20.1. The Morgan fingerprint density at radius 2 is 1.41 bits per heavy atom. The van der Waals surface area contributed by atoms with E-state index in [2.05, 4.69) is 6.92 Å². The quantitative estimate of drug-likeness (QED) is 0.185. The number of fused-ring (bicyclic) bond motifs is 6. The molecule has 4 saturated heterocycles. The second kappa shape index (κ2) is 15.2. The van der Waals surface area contributed by atoms with Gasteiger partial charge >= 0.3 is 5.97 Å². The molecule has 0 bridgehead atoms. The van der Waals surface area contributed by atoms with Crippen molar-refractivity contribution in [2.45, 2.75) is 210 Å². The summed E-state index contributed by atoms with van der Waals surface area (Å²) < 4.78 is 54.0. The summed E-state index contributed by atoms with van der Waals surface area (Å²) in [7, 11) is 0.